The molecule has 0 aliphatic carbocycles. The summed E-state index contributed by atoms with van der Waals surface area (Å²) in [4.78, 5) is 1.23. The van der Waals surface area contributed by atoms with Crippen molar-refractivity contribution in [1.29, 1.82) is 0 Å². The van der Waals surface area contributed by atoms with E-state index in [0.717, 1.165) is 21.0 Å². The molecule has 4 heteroatoms. The molecule has 0 saturated heterocycles. The van der Waals surface area contributed by atoms with Gasteiger partial charge >= 0.3 is 0 Å². The van der Waals surface area contributed by atoms with Crippen LogP contribution in [0.1, 0.15) is 16.5 Å². The third kappa shape index (κ3) is 3.18. The molecule has 1 atom stereocenters. The van der Waals surface area contributed by atoms with Crippen LogP contribution in [0.4, 0.5) is 4.39 Å². The smallest absolute Gasteiger partial charge is 0.123 e. The molecule has 0 bridgehead atoms. The van der Waals surface area contributed by atoms with Crippen molar-refractivity contribution in [3.8, 4) is 0 Å². The van der Waals surface area contributed by atoms with Gasteiger partial charge in [0.1, 0.15) is 5.82 Å². The van der Waals surface area contributed by atoms with E-state index in [9.17, 15) is 4.39 Å². The molecule has 0 fully saturated rings. The number of fused-ring (bicyclic) bond motifs is 1. The summed E-state index contributed by atoms with van der Waals surface area (Å²) in [5.74, 6) is -0.182. The van der Waals surface area contributed by atoms with Gasteiger partial charge in [-0.1, -0.05) is 34.1 Å². The summed E-state index contributed by atoms with van der Waals surface area (Å²) in [5.41, 5.74) is 1.26. The lowest BCUT2D eigenvalue weighted by Gasteiger charge is -2.15. The second kappa shape index (κ2) is 6.26. The van der Waals surface area contributed by atoms with Crippen LogP contribution in [-0.2, 0) is 6.42 Å². The number of nitrogens with one attached hydrogen (secondary N) is 1. The number of likely N-dealkylation sites (N-methyl/N-ethyl adjacent to an activating group) is 1. The van der Waals surface area contributed by atoms with Crippen molar-refractivity contribution in [3.63, 3.8) is 0 Å². The molecule has 0 aliphatic heterocycles. The molecule has 3 rings (SSSR count). The average Bonchev–Trinajstić information content (AvgIpc) is 2.89. The average molecular weight is 364 g/mol. The van der Waals surface area contributed by atoms with Gasteiger partial charge in [0.15, 0.2) is 0 Å². The van der Waals surface area contributed by atoms with Crippen molar-refractivity contribution in [2.45, 2.75) is 12.5 Å². The van der Waals surface area contributed by atoms with Gasteiger partial charge in [0.05, 0.1) is 0 Å². The largest absolute Gasteiger partial charge is 0.312 e. The lowest BCUT2D eigenvalue weighted by atomic mass is 10.0. The summed E-state index contributed by atoms with van der Waals surface area (Å²) in [6.45, 7) is 0. The van der Waals surface area contributed by atoms with Crippen LogP contribution in [0.25, 0.3) is 10.1 Å². The van der Waals surface area contributed by atoms with Gasteiger partial charge in [-0.15, -0.1) is 11.3 Å². The quantitative estimate of drug-likeness (QED) is 0.662. The zero-order valence-electron chi connectivity index (χ0n) is 11.6. The number of thiophene rings is 1. The van der Waals surface area contributed by atoms with Crippen LogP contribution in [0, 0.1) is 5.82 Å². The normalized spacial score (nSPS) is 12.7. The van der Waals surface area contributed by atoms with Gasteiger partial charge in [-0.05, 0) is 54.8 Å². The van der Waals surface area contributed by atoms with E-state index in [1.807, 2.05) is 25.2 Å². The minimum absolute atomic E-state index is 0.182. The first-order chi connectivity index (χ1) is 10.2. The Morgan fingerprint density at radius 2 is 2.00 bits per heavy atom. The van der Waals surface area contributed by atoms with Crippen LogP contribution in [-0.4, -0.2) is 7.05 Å². The van der Waals surface area contributed by atoms with Crippen molar-refractivity contribution in [2.24, 2.45) is 0 Å². The van der Waals surface area contributed by atoms with Crippen LogP contribution >= 0.6 is 27.3 Å². The number of hydrogen-bond acceptors (Lipinski definition) is 2. The van der Waals surface area contributed by atoms with E-state index in [1.165, 1.54) is 16.5 Å². The van der Waals surface area contributed by atoms with Gasteiger partial charge in [0.25, 0.3) is 0 Å². The molecule has 1 unspecified atom stereocenters. The standard InChI is InChI=1S/C17H15BrFNS/c1-20-15(9-11-4-2-3-5-14(11)18)17-10-12-8-13(19)6-7-16(12)21-17/h2-8,10,15,20H,9H2,1H3. The Kier molecular flexibility index (Phi) is 4.38. The molecule has 108 valence electrons. The van der Waals surface area contributed by atoms with Crippen LogP contribution in [0.5, 0.6) is 0 Å². The van der Waals surface area contributed by atoms with Gasteiger partial charge < -0.3 is 5.32 Å². The van der Waals surface area contributed by atoms with E-state index in [1.54, 1.807) is 17.4 Å². The third-order valence-electron chi connectivity index (χ3n) is 3.57. The summed E-state index contributed by atoms with van der Waals surface area (Å²) >= 11 is 5.32. The second-order valence-electron chi connectivity index (χ2n) is 4.97. The first-order valence-electron chi connectivity index (χ1n) is 6.77. The molecule has 0 aliphatic rings. The van der Waals surface area contributed by atoms with Crippen molar-refractivity contribution < 1.29 is 4.39 Å². The van der Waals surface area contributed by atoms with Crippen molar-refractivity contribution in [1.82, 2.24) is 5.32 Å². The van der Waals surface area contributed by atoms with Crippen molar-refractivity contribution in [3.05, 3.63) is 69.3 Å². The Morgan fingerprint density at radius 1 is 1.19 bits per heavy atom. The predicted molar refractivity (Wildman–Crippen MR) is 91.4 cm³/mol. The zero-order chi connectivity index (χ0) is 14.8. The van der Waals surface area contributed by atoms with Gasteiger partial charge in [-0.25, -0.2) is 4.39 Å². The third-order valence-corrected chi connectivity index (χ3v) is 5.57. The highest BCUT2D eigenvalue weighted by Crippen LogP contribution is 2.32. The first-order valence-corrected chi connectivity index (χ1v) is 8.38. The molecule has 3 aromatic rings. The van der Waals surface area contributed by atoms with Crippen molar-refractivity contribution in [2.75, 3.05) is 7.05 Å². The van der Waals surface area contributed by atoms with E-state index < -0.39 is 0 Å². The van der Waals surface area contributed by atoms with E-state index in [2.05, 4.69) is 39.4 Å². The summed E-state index contributed by atoms with van der Waals surface area (Å²) < 4.78 is 15.6. The molecule has 21 heavy (non-hydrogen) atoms. The van der Waals surface area contributed by atoms with Gasteiger partial charge in [0.2, 0.25) is 0 Å². The molecule has 0 saturated carbocycles. The second-order valence-corrected chi connectivity index (χ2v) is 6.94. The molecule has 1 nitrogen and oxygen atoms in total. The fraction of sp³-hybridized carbons (Fsp3) is 0.176. The number of hydrogen-bond donors (Lipinski definition) is 1. The number of benzene rings is 2. The van der Waals surface area contributed by atoms with Crippen LogP contribution in [0.3, 0.4) is 0 Å². The minimum atomic E-state index is -0.182. The highest BCUT2D eigenvalue weighted by molar-refractivity contribution is 9.10. The molecule has 0 radical (unpaired) electrons. The summed E-state index contributed by atoms with van der Waals surface area (Å²) in [6, 6.07) is 15.5. The molecule has 2 aromatic carbocycles. The molecular weight excluding hydrogens is 349 g/mol. The Bertz CT molecular complexity index is 768. The maximum atomic E-state index is 13.3. The molecule has 0 spiro atoms. The predicted octanol–water partition coefficient (Wildman–Crippen LogP) is 5.31. The Balaban J connectivity index is 1.93. The summed E-state index contributed by atoms with van der Waals surface area (Å²) in [7, 11) is 1.96. The van der Waals surface area contributed by atoms with E-state index >= 15 is 0 Å². The van der Waals surface area contributed by atoms with E-state index in [4.69, 9.17) is 0 Å². The monoisotopic (exact) mass is 363 g/mol. The highest BCUT2D eigenvalue weighted by atomic mass is 79.9. The molecule has 1 N–H and O–H groups in total. The maximum absolute atomic E-state index is 13.3. The molecule has 0 amide bonds. The summed E-state index contributed by atoms with van der Waals surface area (Å²) in [5, 5.41) is 4.34. The number of halogens is 2. The SMILES string of the molecule is CNC(Cc1ccccc1Br)c1cc2cc(F)ccc2s1. The fourth-order valence-corrected chi connectivity index (χ4v) is 4.04. The zero-order valence-corrected chi connectivity index (χ0v) is 14.0. The topological polar surface area (TPSA) is 12.0 Å². The Hall–Kier alpha value is -1.23. The first kappa shape index (κ1) is 14.7. The van der Waals surface area contributed by atoms with Gasteiger partial charge in [-0.3, -0.25) is 0 Å². The molecule has 1 heterocycles. The number of rotatable bonds is 4. The highest BCUT2D eigenvalue weighted by Gasteiger charge is 2.15. The van der Waals surface area contributed by atoms with Crippen LogP contribution < -0.4 is 5.32 Å². The fourth-order valence-electron chi connectivity index (χ4n) is 2.44. The van der Waals surface area contributed by atoms with Crippen LogP contribution in [0.2, 0.25) is 0 Å². The molecular formula is C17H15BrFNS. The minimum Gasteiger partial charge on any atom is -0.312 e. The van der Waals surface area contributed by atoms with E-state index in [0.29, 0.717) is 0 Å². The summed E-state index contributed by atoms with van der Waals surface area (Å²) in [6.07, 6.45) is 0.896. The van der Waals surface area contributed by atoms with Gasteiger partial charge in [0, 0.05) is 20.1 Å². The lowest BCUT2D eigenvalue weighted by Crippen LogP contribution is -2.17. The maximum Gasteiger partial charge on any atom is 0.123 e. The van der Waals surface area contributed by atoms with Crippen molar-refractivity contribution >= 4 is 37.4 Å². The Morgan fingerprint density at radius 3 is 2.76 bits per heavy atom. The Labute approximate surface area is 135 Å². The van der Waals surface area contributed by atoms with Crippen LogP contribution in [0.15, 0.2) is 53.0 Å². The lowest BCUT2D eigenvalue weighted by molar-refractivity contribution is 0.601. The van der Waals surface area contributed by atoms with E-state index in [-0.39, 0.29) is 11.9 Å². The molecule has 1 aromatic heterocycles. The van der Waals surface area contributed by atoms with Gasteiger partial charge in [-0.2, -0.15) is 0 Å².